The molecule has 0 atom stereocenters. The van der Waals surface area contributed by atoms with Crippen LogP contribution in [0.15, 0.2) is 24.3 Å². The van der Waals surface area contributed by atoms with E-state index in [4.69, 9.17) is 0 Å². The molecule has 0 spiro atoms. The zero-order valence-corrected chi connectivity index (χ0v) is 11.1. The second-order valence-corrected chi connectivity index (χ2v) is 6.60. The van der Waals surface area contributed by atoms with Gasteiger partial charge in [-0.15, -0.1) is 0 Å². The van der Waals surface area contributed by atoms with Crippen LogP contribution in [0.5, 0.6) is 0 Å². The third kappa shape index (κ3) is 2.88. The van der Waals surface area contributed by atoms with Gasteiger partial charge in [0.25, 0.3) is 0 Å². The van der Waals surface area contributed by atoms with Gasteiger partial charge in [-0.2, -0.15) is 13.2 Å². The zero-order valence-electron chi connectivity index (χ0n) is 11.1. The summed E-state index contributed by atoms with van der Waals surface area (Å²) in [5.41, 5.74) is 0.456. The van der Waals surface area contributed by atoms with E-state index in [0.717, 1.165) is 30.9 Å². The van der Waals surface area contributed by atoms with Gasteiger partial charge in [-0.25, -0.2) is 0 Å². The van der Waals surface area contributed by atoms with Crippen molar-refractivity contribution in [1.82, 2.24) is 0 Å². The molecule has 0 aromatic heterocycles. The highest BCUT2D eigenvalue weighted by molar-refractivity contribution is 5.36. The topological polar surface area (TPSA) is 0 Å². The van der Waals surface area contributed by atoms with Crippen molar-refractivity contribution in [3.05, 3.63) is 35.4 Å². The summed E-state index contributed by atoms with van der Waals surface area (Å²) in [6.45, 7) is 6.42. The van der Waals surface area contributed by atoms with Crippen LogP contribution >= 0.6 is 0 Å². The lowest BCUT2D eigenvalue weighted by Gasteiger charge is -2.26. The molecule has 0 nitrogen and oxygen atoms in total. The van der Waals surface area contributed by atoms with Crippen LogP contribution in [0.3, 0.4) is 0 Å². The van der Waals surface area contributed by atoms with E-state index in [0.29, 0.717) is 0 Å². The molecule has 3 heteroatoms. The quantitative estimate of drug-likeness (QED) is 0.684. The molecule has 18 heavy (non-hydrogen) atoms. The lowest BCUT2D eigenvalue weighted by atomic mass is 9.79. The zero-order chi connectivity index (χ0) is 13.6. The highest BCUT2D eigenvalue weighted by atomic mass is 19.4. The first-order chi connectivity index (χ1) is 8.12. The van der Waals surface area contributed by atoms with Crippen molar-refractivity contribution in [2.75, 3.05) is 0 Å². The first kappa shape index (κ1) is 13.4. The first-order valence-electron chi connectivity index (χ1n) is 6.30. The monoisotopic (exact) mass is 256 g/mol. The van der Waals surface area contributed by atoms with Crippen LogP contribution in [0.4, 0.5) is 13.2 Å². The van der Waals surface area contributed by atoms with E-state index in [-0.39, 0.29) is 10.8 Å². The van der Waals surface area contributed by atoms with Gasteiger partial charge in [0.2, 0.25) is 0 Å². The summed E-state index contributed by atoms with van der Waals surface area (Å²) in [5, 5.41) is 0. The van der Waals surface area contributed by atoms with E-state index in [2.05, 4.69) is 20.8 Å². The van der Waals surface area contributed by atoms with Crippen molar-refractivity contribution in [3.63, 3.8) is 0 Å². The lowest BCUT2D eigenvalue weighted by molar-refractivity contribution is -0.137. The Morgan fingerprint density at radius 3 is 2.17 bits per heavy atom. The Hall–Kier alpha value is -0.990. The fourth-order valence-corrected chi connectivity index (χ4v) is 2.76. The third-order valence-corrected chi connectivity index (χ3v) is 3.52. The van der Waals surface area contributed by atoms with Crippen molar-refractivity contribution < 1.29 is 13.2 Å². The maximum absolute atomic E-state index is 12.7. The molecule has 0 N–H and O–H groups in total. The average Bonchev–Trinajstić information content (AvgIpc) is 2.95. The van der Waals surface area contributed by atoms with Gasteiger partial charge in [-0.05, 0) is 41.7 Å². The van der Waals surface area contributed by atoms with Crippen LogP contribution in [0.25, 0.3) is 0 Å². The minimum atomic E-state index is -4.24. The van der Waals surface area contributed by atoms with Crippen LogP contribution < -0.4 is 0 Å². The van der Waals surface area contributed by atoms with E-state index >= 15 is 0 Å². The van der Waals surface area contributed by atoms with E-state index in [1.54, 1.807) is 0 Å². The van der Waals surface area contributed by atoms with Crippen LogP contribution in [0.2, 0.25) is 0 Å². The van der Waals surface area contributed by atoms with E-state index in [1.807, 2.05) is 6.07 Å². The van der Waals surface area contributed by atoms with E-state index in [9.17, 15) is 13.2 Å². The first-order valence-corrected chi connectivity index (χ1v) is 6.30. The van der Waals surface area contributed by atoms with E-state index < -0.39 is 11.7 Å². The highest BCUT2D eigenvalue weighted by Crippen LogP contribution is 2.55. The molecule has 0 amide bonds. The van der Waals surface area contributed by atoms with Gasteiger partial charge in [0.15, 0.2) is 0 Å². The molecule has 2 rings (SSSR count). The number of hydrogen-bond donors (Lipinski definition) is 0. The average molecular weight is 256 g/mol. The van der Waals surface area contributed by atoms with Gasteiger partial charge in [0.05, 0.1) is 5.56 Å². The largest absolute Gasteiger partial charge is 0.416 e. The van der Waals surface area contributed by atoms with Crippen LogP contribution in [0.1, 0.15) is 51.2 Å². The van der Waals surface area contributed by atoms with Crippen molar-refractivity contribution in [3.8, 4) is 0 Å². The summed E-state index contributed by atoms with van der Waals surface area (Å²) in [5.74, 6) is 0. The van der Waals surface area contributed by atoms with Gasteiger partial charge in [0, 0.05) is 0 Å². The molecule has 0 heterocycles. The van der Waals surface area contributed by atoms with Gasteiger partial charge in [-0.3, -0.25) is 0 Å². The minimum absolute atomic E-state index is 0.0144. The maximum Gasteiger partial charge on any atom is 0.416 e. The van der Waals surface area contributed by atoms with Crippen molar-refractivity contribution in [1.29, 1.82) is 0 Å². The smallest absolute Gasteiger partial charge is 0.166 e. The molecule has 1 aliphatic rings. The van der Waals surface area contributed by atoms with E-state index in [1.165, 1.54) is 12.1 Å². The summed E-state index contributed by atoms with van der Waals surface area (Å²) in [7, 11) is 0. The van der Waals surface area contributed by atoms with Gasteiger partial charge in [-0.1, -0.05) is 39.0 Å². The maximum atomic E-state index is 12.7. The highest BCUT2D eigenvalue weighted by Gasteiger charge is 2.47. The van der Waals surface area contributed by atoms with Crippen molar-refractivity contribution >= 4 is 0 Å². The summed E-state index contributed by atoms with van der Waals surface area (Å²) < 4.78 is 38.1. The van der Waals surface area contributed by atoms with Crippen molar-refractivity contribution in [2.45, 2.75) is 51.6 Å². The van der Waals surface area contributed by atoms with Crippen molar-refractivity contribution in [2.24, 2.45) is 5.41 Å². The number of alkyl halides is 3. The lowest BCUT2D eigenvalue weighted by Crippen LogP contribution is -2.18. The van der Waals surface area contributed by atoms with Gasteiger partial charge >= 0.3 is 6.18 Å². The molecule has 1 fully saturated rings. The molecule has 100 valence electrons. The Bertz CT molecular complexity index is 434. The minimum Gasteiger partial charge on any atom is -0.166 e. The second kappa shape index (κ2) is 4.01. The number of rotatable bonds is 2. The molecule has 0 saturated heterocycles. The molecule has 1 aliphatic carbocycles. The Kier molecular flexibility index (Phi) is 2.99. The summed E-state index contributed by atoms with van der Waals surface area (Å²) in [4.78, 5) is 0. The van der Waals surface area contributed by atoms with Gasteiger partial charge in [0.1, 0.15) is 0 Å². The summed E-state index contributed by atoms with van der Waals surface area (Å²) >= 11 is 0. The molecule has 0 aliphatic heterocycles. The molecule has 1 aromatic carbocycles. The predicted octanol–water partition coefficient (Wildman–Crippen LogP) is 5.17. The van der Waals surface area contributed by atoms with Gasteiger partial charge < -0.3 is 0 Å². The SMILES string of the molecule is CC(C)(C)CC1(c2cccc(C(F)(F)F)c2)CC1. The Morgan fingerprint density at radius 2 is 1.72 bits per heavy atom. The Labute approximate surface area is 106 Å². The molecular formula is C15H19F3. The molecular weight excluding hydrogens is 237 g/mol. The summed E-state index contributed by atoms with van der Waals surface area (Å²) in [6, 6.07) is 5.85. The molecule has 1 aromatic rings. The Balaban J connectivity index is 2.29. The fourth-order valence-electron chi connectivity index (χ4n) is 2.76. The fraction of sp³-hybridized carbons (Fsp3) is 0.600. The number of hydrogen-bond acceptors (Lipinski definition) is 0. The third-order valence-electron chi connectivity index (χ3n) is 3.52. The summed E-state index contributed by atoms with van der Waals surface area (Å²) in [6.07, 6.45) is -1.29. The van der Waals surface area contributed by atoms with Crippen LogP contribution in [0, 0.1) is 5.41 Å². The van der Waals surface area contributed by atoms with Crippen LogP contribution in [-0.2, 0) is 11.6 Å². The number of benzene rings is 1. The van der Waals surface area contributed by atoms with Crippen LogP contribution in [-0.4, -0.2) is 0 Å². The molecule has 0 radical (unpaired) electrons. The standard InChI is InChI=1S/C15H19F3/c1-13(2,3)10-14(7-8-14)11-5-4-6-12(9-11)15(16,17)18/h4-6,9H,7-8,10H2,1-3H3. The second-order valence-electron chi connectivity index (χ2n) is 6.60. The molecule has 0 unspecified atom stereocenters. The Morgan fingerprint density at radius 1 is 1.11 bits per heavy atom. The number of halogens is 3. The normalized spacial score (nSPS) is 18.8. The molecule has 1 saturated carbocycles. The molecule has 0 bridgehead atoms. The predicted molar refractivity (Wildman–Crippen MR) is 66.4 cm³/mol.